The third-order valence-electron chi connectivity index (χ3n) is 3.75. The van der Waals surface area contributed by atoms with E-state index < -0.39 is 41.0 Å². The zero-order chi connectivity index (χ0) is 19.7. The molecule has 2 aromatic carbocycles. The number of nitrogens with zero attached hydrogens (tertiary/aromatic N) is 2. The van der Waals surface area contributed by atoms with Crippen molar-refractivity contribution in [2.45, 2.75) is 13.3 Å². The Morgan fingerprint density at radius 2 is 1.70 bits per heavy atom. The van der Waals surface area contributed by atoms with Crippen LogP contribution in [0.15, 0.2) is 42.5 Å². The zero-order valence-corrected chi connectivity index (χ0v) is 13.8. The number of hydrogen-bond acceptors (Lipinski definition) is 2. The van der Waals surface area contributed by atoms with E-state index in [0.29, 0.717) is 0 Å². The summed E-state index contributed by atoms with van der Waals surface area (Å²) >= 11 is 0. The van der Waals surface area contributed by atoms with Crippen LogP contribution in [0.25, 0.3) is 5.69 Å². The van der Waals surface area contributed by atoms with Crippen molar-refractivity contribution in [2.24, 2.45) is 0 Å². The maximum atomic E-state index is 14.4. The van der Waals surface area contributed by atoms with E-state index in [-0.39, 0.29) is 17.1 Å². The van der Waals surface area contributed by atoms with Crippen molar-refractivity contribution < 1.29 is 26.7 Å². The molecule has 140 valence electrons. The maximum absolute atomic E-state index is 14.4. The first-order valence-electron chi connectivity index (χ1n) is 7.68. The molecule has 9 heteroatoms. The predicted octanol–water partition coefficient (Wildman–Crippen LogP) is 4.79. The van der Waals surface area contributed by atoms with E-state index in [1.54, 1.807) is 0 Å². The van der Waals surface area contributed by atoms with Gasteiger partial charge in [-0.1, -0.05) is 6.07 Å². The molecule has 0 aliphatic heterocycles. The summed E-state index contributed by atoms with van der Waals surface area (Å²) in [6.07, 6.45) is -2.80. The molecular formula is C18H12F5N3O. The second-order valence-corrected chi connectivity index (χ2v) is 5.64. The molecule has 27 heavy (non-hydrogen) atoms. The summed E-state index contributed by atoms with van der Waals surface area (Å²) in [7, 11) is 0. The number of alkyl halides is 2. The van der Waals surface area contributed by atoms with Crippen LogP contribution in [0.3, 0.4) is 0 Å². The minimum Gasteiger partial charge on any atom is -0.322 e. The zero-order valence-electron chi connectivity index (χ0n) is 13.8. The highest BCUT2D eigenvalue weighted by Crippen LogP contribution is 2.24. The summed E-state index contributed by atoms with van der Waals surface area (Å²) in [5.74, 6) is -4.07. The second kappa shape index (κ2) is 7.18. The van der Waals surface area contributed by atoms with Gasteiger partial charge in [-0.25, -0.2) is 26.6 Å². The second-order valence-electron chi connectivity index (χ2n) is 5.64. The van der Waals surface area contributed by atoms with E-state index in [2.05, 4.69) is 10.4 Å². The van der Waals surface area contributed by atoms with Crippen LogP contribution in [0.2, 0.25) is 0 Å². The van der Waals surface area contributed by atoms with Gasteiger partial charge in [0, 0.05) is 11.4 Å². The number of aromatic nitrogens is 2. The van der Waals surface area contributed by atoms with Gasteiger partial charge in [-0.2, -0.15) is 5.10 Å². The van der Waals surface area contributed by atoms with Gasteiger partial charge in [0.05, 0.1) is 0 Å². The summed E-state index contributed by atoms with van der Waals surface area (Å²) in [6, 6.07) is 7.44. The molecule has 0 bridgehead atoms. The molecule has 0 aliphatic carbocycles. The van der Waals surface area contributed by atoms with Crippen LogP contribution in [0, 0.1) is 24.4 Å². The summed E-state index contributed by atoms with van der Waals surface area (Å²) in [4.78, 5) is 12.0. The molecule has 0 unspecified atom stereocenters. The van der Waals surface area contributed by atoms with E-state index in [1.165, 1.54) is 19.1 Å². The van der Waals surface area contributed by atoms with Crippen molar-refractivity contribution in [3.05, 3.63) is 76.9 Å². The van der Waals surface area contributed by atoms with E-state index in [0.717, 1.165) is 35.0 Å². The van der Waals surface area contributed by atoms with Gasteiger partial charge >= 0.3 is 0 Å². The molecule has 0 fully saturated rings. The Labute approximate surface area is 150 Å². The number of carbonyl (C=O) groups excluding carboxylic acids is 1. The summed E-state index contributed by atoms with van der Waals surface area (Å²) < 4.78 is 68.1. The lowest BCUT2D eigenvalue weighted by atomic mass is 10.1. The first-order valence-corrected chi connectivity index (χ1v) is 7.68. The Hall–Kier alpha value is -3.23. The molecule has 1 heterocycles. The Morgan fingerprint density at radius 3 is 2.26 bits per heavy atom. The normalized spacial score (nSPS) is 11.1. The van der Waals surface area contributed by atoms with Crippen molar-refractivity contribution in [2.75, 3.05) is 5.32 Å². The molecule has 3 aromatic rings. The van der Waals surface area contributed by atoms with Gasteiger partial charge in [-0.05, 0) is 43.3 Å². The van der Waals surface area contributed by atoms with Crippen molar-refractivity contribution in [3.8, 4) is 5.69 Å². The van der Waals surface area contributed by atoms with Crippen LogP contribution in [0.1, 0.15) is 28.2 Å². The number of benzene rings is 2. The molecule has 1 N–H and O–H groups in total. The fourth-order valence-electron chi connectivity index (χ4n) is 2.51. The smallest absolute Gasteiger partial charge is 0.282 e. The fourth-order valence-corrected chi connectivity index (χ4v) is 2.51. The van der Waals surface area contributed by atoms with Gasteiger partial charge < -0.3 is 5.32 Å². The Bertz CT molecular complexity index is 996. The van der Waals surface area contributed by atoms with E-state index in [4.69, 9.17) is 0 Å². The van der Waals surface area contributed by atoms with Gasteiger partial charge in [0.2, 0.25) is 0 Å². The van der Waals surface area contributed by atoms with Gasteiger partial charge in [0.1, 0.15) is 28.6 Å². The van der Waals surface area contributed by atoms with Crippen LogP contribution >= 0.6 is 0 Å². The molecule has 0 atom stereocenters. The van der Waals surface area contributed by atoms with Gasteiger partial charge in [-0.15, -0.1) is 0 Å². The third kappa shape index (κ3) is 3.67. The standard InChI is InChI=1S/C18H12F5N3O/c1-9-7-14(17(22)23)25-26(9)15-6-5-10(8-13(15)21)24-18(27)16-11(19)3-2-4-12(16)20/h2-8,17H,1H3,(H,24,27). The predicted molar refractivity (Wildman–Crippen MR) is 87.5 cm³/mol. The lowest BCUT2D eigenvalue weighted by molar-refractivity contribution is 0.101. The third-order valence-corrected chi connectivity index (χ3v) is 3.75. The average molecular weight is 381 g/mol. The molecule has 4 nitrogen and oxygen atoms in total. The topological polar surface area (TPSA) is 46.9 Å². The molecule has 3 rings (SSSR count). The number of carbonyl (C=O) groups is 1. The highest BCUT2D eigenvalue weighted by Gasteiger charge is 2.19. The molecule has 0 saturated heterocycles. The number of amides is 1. The van der Waals surface area contributed by atoms with Crippen LogP contribution in [-0.4, -0.2) is 15.7 Å². The highest BCUT2D eigenvalue weighted by molar-refractivity contribution is 6.04. The number of nitrogens with one attached hydrogen (secondary N) is 1. The largest absolute Gasteiger partial charge is 0.322 e. The summed E-state index contributed by atoms with van der Waals surface area (Å²) in [6.45, 7) is 1.48. The van der Waals surface area contributed by atoms with Crippen LogP contribution in [0.4, 0.5) is 27.6 Å². The lowest BCUT2D eigenvalue weighted by Gasteiger charge is -2.10. The van der Waals surface area contributed by atoms with Crippen molar-refractivity contribution >= 4 is 11.6 Å². The number of halogens is 5. The van der Waals surface area contributed by atoms with E-state index in [1.807, 2.05) is 0 Å². The SMILES string of the molecule is Cc1cc(C(F)F)nn1-c1ccc(NC(=O)c2c(F)cccc2F)cc1F. The van der Waals surface area contributed by atoms with E-state index >= 15 is 0 Å². The summed E-state index contributed by atoms with van der Waals surface area (Å²) in [5.41, 5.74) is -1.20. The maximum Gasteiger partial charge on any atom is 0.282 e. The monoisotopic (exact) mass is 381 g/mol. The number of rotatable bonds is 4. The van der Waals surface area contributed by atoms with Crippen LogP contribution in [0.5, 0.6) is 0 Å². The average Bonchev–Trinajstić information content (AvgIpc) is 2.97. The minimum atomic E-state index is -2.80. The van der Waals surface area contributed by atoms with Crippen molar-refractivity contribution in [3.63, 3.8) is 0 Å². The van der Waals surface area contributed by atoms with E-state index in [9.17, 15) is 26.7 Å². The molecule has 0 saturated carbocycles. The fraction of sp³-hybridized carbons (Fsp3) is 0.111. The number of anilines is 1. The molecular weight excluding hydrogens is 369 g/mol. The quantitative estimate of drug-likeness (QED) is 0.661. The molecule has 0 spiro atoms. The number of aryl methyl sites for hydroxylation is 1. The Morgan fingerprint density at radius 1 is 1.04 bits per heavy atom. The molecule has 0 aliphatic rings. The van der Waals surface area contributed by atoms with Gasteiger partial charge in [0.15, 0.2) is 5.82 Å². The lowest BCUT2D eigenvalue weighted by Crippen LogP contribution is -2.16. The summed E-state index contributed by atoms with van der Waals surface area (Å²) in [5, 5.41) is 5.83. The minimum absolute atomic E-state index is 0.0669. The van der Waals surface area contributed by atoms with Crippen molar-refractivity contribution in [1.82, 2.24) is 9.78 Å². The first kappa shape index (κ1) is 18.6. The Kier molecular flexibility index (Phi) is 4.93. The molecule has 1 aromatic heterocycles. The first-order chi connectivity index (χ1) is 12.8. The van der Waals surface area contributed by atoms with Gasteiger partial charge in [-0.3, -0.25) is 4.79 Å². The Balaban J connectivity index is 1.88. The van der Waals surface area contributed by atoms with Gasteiger partial charge in [0.25, 0.3) is 12.3 Å². The van der Waals surface area contributed by atoms with Crippen LogP contribution < -0.4 is 5.32 Å². The number of hydrogen-bond donors (Lipinski definition) is 1. The molecule has 0 radical (unpaired) electrons. The van der Waals surface area contributed by atoms with Crippen molar-refractivity contribution in [1.29, 1.82) is 0 Å². The van der Waals surface area contributed by atoms with Crippen LogP contribution in [-0.2, 0) is 0 Å². The molecule has 1 amide bonds. The highest BCUT2D eigenvalue weighted by atomic mass is 19.3.